The number of urea groups is 1. The SMILES string of the molecule is O=C(NC1CCCCC1)N[C@]1(F)COc2c1oc(F)c2C1CCCC[C@@H]1Oc1cc(F)cc(F)c1. The first-order valence-corrected chi connectivity index (χ1v) is 12.2. The van der Waals surface area contributed by atoms with E-state index in [9.17, 15) is 13.6 Å². The van der Waals surface area contributed by atoms with Crippen LogP contribution in [0.25, 0.3) is 0 Å². The van der Waals surface area contributed by atoms with Crippen molar-refractivity contribution in [1.29, 1.82) is 0 Å². The van der Waals surface area contributed by atoms with E-state index in [0.717, 1.165) is 63.1 Å². The average molecular weight is 497 g/mol. The Hall–Kier alpha value is -2.91. The molecule has 3 aliphatic rings. The van der Waals surface area contributed by atoms with Gasteiger partial charge in [-0.25, -0.2) is 18.0 Å². The lowest BCUT2D eigenvalue weighted by molar-refractivity contribution is 0.0619. The molecule has 1 aromatic heterocycles. The van der Waals surface area contributed by atoms with E-state index in [0.29, 0.717) is 12.8 Å². The summed E-state index contributed by atoms with van der Waals surface area (Å²) in [6, 6.07) is 1.09. The minimum Gasteiger partial charge on any atom is -0.490 e. The summed E-state index contributed by atoms with van der Waals surface area (Å²) < 4.78 is 74.6. The topological polar surface area (TPSA) is 72.7 Å². The van der Waals surface area contributed by atoms with Crippen LogP contribution in [0.5, 0.6) is 11.5 Å². The first kappa shape index (κ1) is 23.8. The van der Waals surface area contributed by atoms with E-state index in [1.807, 2.05) is 0 Å². The summed E-state index contributed by atoms with van der Waals surface area (Å²) in [5.74, 6) is -5.21. The Labute approximate surface area is 200 Å². The van der Waals surface area contributed by atoms with Crippen molar-refractivity contribution in [2.45, 2.75) is 81.6 Å². The molecule has 5 rings (SSSR count). The highest BCUT2D eigenvalue weighted by Gasteiger charge is 2.51. The highest BCUT2D eigenvalue weighted by atomic mass is 19.2. The molecule has 35 heavy (non-hydrogen) atoms. The maximum atomic E-state index is 15.7. The molecule has 0 spiro atoms. The lowest BCUT2D eigenvalue weighted by atomic mass is 9.82. The summed E-state index contributed by atoms with van der Waals surface area (Å²) in [5.41, 5.74) is 0.0237. The number of carbonyl (C=O) groups excluding carboxylic acids is 1. The molecule has 1 unspecified atom stereocenters. The molecule has 2 aromatic rings. The minimum atomic E-state index is -2.52. The van der Waals surface area contributed by atoms with Crippen LogP contribution in [0.4, 0.5) is 22.4 Å². The molecular formula is C25H28F4N2O4. The van der Waals surface area contributed by atoms with Crippen LogP contribution in [0.3, 0.4) is 0 Å². The standard InChI is InChI=1S/C25H28F4N2O4/c26-14-10-15(27)12-17(11-14)34-19-9-5-4-8-18(19)20-21-22(35-23(20)28)25(29,13-33-21)31-24(32)30-16-6-2-1-3-7-16/h10-12,16,18-19H,1-9,13H2,(H2,30,31,32)/t18?,19-,25+/m0/s1. The number of furan rings is 1. The van der Waals surface area contributed by atoms with Gasteiger partial charge in [-0.3, -0.25) is 5.32 Å². The van der Waals surface area contributed by atoms with Gasteiger partial charge < -0.3 is 19.2 Å². The molecule has 2 heterocycles. The number of hydrogen-bond donors (Lipinski definition) is 2. The Morgan fingerprint density at radius 2 is 1.66 bits per heavy atom. The molecule has 0 bridgehead atoms. The molecule has 6 nitrogen and oxygen atoms in total. The largest absolute Gasteiger partial charge is 0.490 e. The smallest absolute Gasteiger partial charge is 0.317 e. The van der Waals surface area contributed by atoms with Crippen LogP contribution in [0, 0.1) is 17.6 Å². The van der Waals surface area contributed by atoms with E-state index < -0.39 is 53.9 Å². The number of amides is 2. The average Bonchev–Trinajstić information content (AvgIpc) is 3.30. The maximum Gasteiger partial charge on any atom is 0.317 e. The van der Waals surface area contributed by atoms with Gasteiger partial charge in [0.15, 0.2) is 5.75 Å². The number of carbonyl (C=O) groups is 1. The molecule has 0 radical (unpaired) electrons. The second-order valence-electron chi connectivity index (χ2n) is 9.62. The monoisotopic (exact) mass is 496 g/mol. The third-order valence-corrected chi connectivity index (χ3v) is 7.08. The molecule has 2 fully saturated rings. The lowest BCUT2D eigenvalue weighted by Crippen LogP contribution is -2.51. The summed E-state index contributed by atoms with van der Waals surface area (Å²) in [6.07, 6.45) is 6.66. The van der Waals surface area contributed by atoms with Crippen LogP contribution >= 0.6 is 0 Å². The number of halogens is 4. The summed E-state index contributed by atoms with van der Waals surface area (Å²) in [7, 11) is 0. The number of fused-ring (bicyclic) bond motifs is 1. The first-order chi connectivity index (χ1) is 16.8. The molecule has 190 valence electrons. The second kappa shape index (κ2) is 9.62. The Bertz CT molecular complexity index is 1070. The van der Waals surface area contributed by atoms with Crippen LogP contribution in [0.2, 0.25) is 0 Å². The highest BCUT2D eigenvalue weighted by molar-refractivity contribution is 5.75. The van der Waals surface area contributed by atoms with Crippen molar-refractivity contribution < 1.29 is 36.2 Å². The van der Waals surface area contributed by atoms with Crippen molar-refractivity contribution in [2.75, 3.05) is 6.61 Å². The molecule has 1 aliphatic heterocycles. The number of benzene rings is 1. The van der Waals surface area contributed by atoms with Gasteiger partial charge in [-0.1, -0.05) is 25.7 Å². The molecule has 0 saturated heterocycles. The van der Waals surface area contributed by atoms with E-state index in [2.05, 4.69) is 10.6 Å². The van der Waals surface area contributed by atoms with Crippen molar-refractivity contribution >= 4 is 6.03 Å². The van der Waals surface area contributed by atoms with Crippen LogP contribution in [0.15, 0.2) is 22.6 Å². The summed E-state index contributed by atoms with van der Waals surface area (Å²) in [6.45, 7) is -0.556. The number of alkyl halides is 1. The number of rotatable bonds is 5. The number of nitrogens with one attached hydrogen (secondary N) is 2. The van der Waals surface area contributed by atoms with Crippen molar-refractivity contribution in [1.82, 2.24) is 10.6 Å². The molecular weight excluding hydrogens is 468 g/mol. The van der Waals surface area contributed by atoms with Crippen LogP contribution in [-0.4, -0.2) is 24.8 Å². The quantitative estimate of drug-likeness (QED) is 0.397. The van der Waals surface area contributed by atoms with Gasteiger partial charge in [0.2, 0.25) is 5.76 Å². The molecule has 2 N–H and O–H groups in total. The zero-order valence-corrected chi connectivity index (χ0v) is 19.2. The number of ether oxygens (including phenoxy) is 2. The van der Waals surface area contributed by atoms with E-state index in [4.69, 9.17) is 13.9 Å². The fourth-order valence-corrected chi connectivity index (χ4v) is 5.44. The van der Waals surface area contributed by atoms with Crippen LogP contribution in [-0.2, 0) is 5.79 Å². The van der Waals surface area contributed by atoms with Crippen LogP contribution < -0.4 is 20.1 Å². The van der Waals surface area contributed by atoms with E-state index >= 15 is 8.78 Å². The second-order valence-corrected chi connectivity index (χ2v) is 9.62. The van der Waals surface area contributed by atoms with E-state index in [1.54, 1.807) is 0 Å². The predicted octanol–water partition coefficient (Wildman–Crippen LogP) is 5.95. The third kappa shape index (κ3) is 4.92. The van der Waals surface area contributed by atoms with Gasteiger partial charge in [0.05, 0.1) is 5.56 Å². The highest BCUT2D eigenvalue weighted by Crippen LogP contribution is 2.49. The van der Waals surface area contributed by atoms with Gasteiger partial charge >= 0.3 is 6.03 Å². The van der Waals surface area contributed by atoms with Gasteiger partial charge in [-0.15, -0.1) is 0 Å². The predicted molar refractivity (Wildman–Crippen MR) is 117 cm³/mol. The summed E-state index contributed by atoms with van der Waals surface area (Å²) in [5, 5.41) is 5.02. The fourth-order valence-electron chi connectivity index (χ4n) is 5.44. The van der Waals surface area contributed by atoms with Crippen molar-refractivity contribution in [2.24, 2.45) is 0 Å². The molecule has 2 aliphatic carbocycles. The molecule has 1 aromatic carbocycles. The Morgan fingerprint density at radius 3 is 2.40 bits per heavy atom. The first-order valence-electron chi connectivity index (χ1n) is 12.2. The van der Waals surface area contributed by atoms with E-state index in [-0.39, 0.29) is 23.1 Å². The molecule has 2 amide bonds. The van der Waals surface area contributed by atoms with Crippen molar-refractivity contribution in [3.05, 3.63) is 47.2 Å². The summed E-state index contributed by atoms with van der Waals surface area (Å²) >= 11 is 0. The molecule has 3 atom stereocenters. The van der Waals surface area contributed by atoms with Gasteiger partial charge in [-0.2, -0.15) is 4.39 Å². The Morgan fingerprint density at radius 1 is 0.971 bits per heavy atom. The minimum absolute atomic E-state index is 0.0123. The third-order valence-electron chi connectivity index (χ3n) is 7.08. The van der Waals surface area contributed by atoms with Crippen molar-refractivity contribution in [3.63, 3.8) is 0 Å². The lowest BCUT2D eigenvalue weighted by Gasteiger charge is -2.31. The van der Waals surface area contributed by atoms with Crippen LogP contribution in [0.1, 0.15) is 75.0 Å². The number of hydrogen-bond acceptors (Lipinski definition) is 4. The molecule has 10 heteroatoms. The fraction of sp³-hybridized carbons (Fsp3) is 0.560. The zero-order chi connectivity index (χ0) is 24.6. The Balaban J connectivity index is 1.35. The van der Waals surface area contributed by atoms with Gasteiger partial charge in [0, 0.05) is 30.2 Å². The maximum absolute atomic E-state index is 15.7. The van der Waals surface area contributed by atoms with Gasteiger partial charge in [0.1, 0.15) is 30.1 Å². The Kier molecular flexibility index (Phi) is 6.55. The normalized spacial score (nSPS) is 26.6. The van der Waals surface area contributed by atoms with Crippen molar-refractivity contribution in [3.8, 4) is 11.5 Å². The van der Waals surface area contributed by atoms with Gasteiger partial charge in [-0.05, 0) is 32.1 Å². The summed E-state index contributed by atoms with van der Waals surface area (Å²) in [4.78, 5) is 12.5. The molecule has 2 saturated carbocycles. The zero-order valence-electron chi connectivity index (χ0n) is 19.2. The van der Waals surface area contributed by atoms with Gasteiger partial charge in [0.25, 0.3) is 11.8 Å². The van der Waals surface area contributed by atoms with E-state index in [1.165, 1.54) is 0 Å².